The molecule has 10 aromatic carbocycles. The van der Waals surface area contributed by atoms with Gasteiger partial charge in [-0.15, -0.1) is 0 Å². The first-order valence-electron chi connectivity index (χ1n) is 21.5. The molecule has 0 unspecified atom stereocenters. The number of fused-ring (bicyclic) bond motifs is 5. The molecule has 3 nitrogen and oxygen atoms in total. The predicted octanol–water partition coefficient (Wildman–Crippen LogP) is 14.9. The van der Waals surface area contributed by atoms with Gasteiger partial charge in [0.05, 0.1) is 5.41 Å². The fourth-order valence-electron chi connectivity index (χ4n) is 10.1. The molecule has 0 spiro atoms. The highest BCUT2D eigenvalue weighted by atomic mass is 15.0. The predicted molar refractivity (Wildman–Crippen MR) is 259 cm³/mol. The first-order valence-corrected chi connectivity index (χ1v) is 21.5. The Morgan fingerprint density at radius 3 is 1.46 bits per heavy atom. The highest BCUT2D eigenvalue weighted by Crippen LogP contribution is 2.58. The van der Waals surface area contributed by atoms with Gasteiger partial charge >= 0.3 is 0 Å². The second kappa shape index (κ2) is 15.0. The maximum Gasteiger partial charge on any atom is 0.165 e. The minimum Gasteiger partial charge on any atom is -0.208 e. The summed E-state index contributed by atoms with van der Waals surface area (Å²) in [6.07, 6.45) is 0. The minimum absolute atomic E-state index is 0.491. The molecule has 0 saturated heterocycles. The smallest absolute Gasteiger partial charge is 0.165 e. The van der Waals surface area contributed by atoms with E-state index in [0.717, 1.165) is 54.9 Å². The highest BCUT2D eigenvalue weighted by molar-refractivity contribution is 6.08. The first-order chi connectivity index (χ1) is 31.3. The topological polar surface area (TPSA) is 38.7 Å². The third-order valence-electron chi connectivity index (χ3n) is 12.8. The van der Waals surface area contributed by atoms with Gasteiger partial charge in [-0.3, -0.25) is 0 Å². The van der Waals surface area contributed by atoms with E-state index < -0.39 is 5.41 Å². The van der Waals surface area contributed by atoms with Crippen LogP contribution in [0.15, 0.2) is 237 Å². The summed E-state index contributed by atoms with van der Waals surface area (Å²) in [7, 11) is 0. The average Bonchev–Trinajstić information content (AvgIpc) is 3.68. The van der Waals surface area contributed by atoms with Gasteiger partial charge in [0.25, 0.3) is 0 Å². The molecule has 1 aromatic heterocycles. The van der Waals surface area contributed by atoms with Crippen molar-refractivity contribution in [2.45, 2.75) is 5.41 Å². The summed E-state index contributed by atoms with van der Waals surface area (Å²) < 4.78 is 0. The molecular weight excluding hydrogens is 763 g/mol. The zero-order chi connectivity index (χ0) is 41.7. The van der Waals surface area contributed by atoms with Crippen LogP contribution >= 0.6 is 0 Å². The lowest BCUT2D eigenvalue weighted by molar-refractivity contribution is 0.768. The van der Waals surface area contributed by atoms with Gasteiger partial charge in [0, 0.05) is 16.7 Å². The summed E-state index contributed by atoms with van der Waals surface area (Å²) in [5, 5.41) is 4.44. The zero-order valence-corrected chi connectivity index (χ0v) is 34.4. The Bertz CT molecular complexity index is 3450. The third-order valence-corrected chi connectivity index (χ3v) is 12.8. The standard InChI is InChI=1S/C60H39N3/c1-5-20-40(21-6-1)46-37-36-41-22-13-14-29-45(41)56(46)59-62-57(42-23-7-2-8-24-42)61-58(63-59)51-39-38-49(47-30-15-16-31-48(47)51)50-33-19-35-54-55(50)52-32-17-18-34-53(52)60(54,43-25-9-3-10-26-43)44-27-11-4-12-28-44/h1-39H. The number of rotatable bonds is 7. The second-order valence-corrected chi connectivity index (χ2v) is 16.2. The second-order valence-electron chi connectivity index (χ2n) is 16.2. The number of nitrogens with zero attached hydrogens (tertiary/aromatic N) is 3. The Morgan fingerprint density at radius 1 is 0.254 bits per heavy atom. The molecule has 11 aromatic rings. The molecule has 0 N–H and O–H groups in total. The van der Waals surface area contributed by atoms with Gasteiger partial charge in [-0.1, -0.05) is 231 Å². The van der Waals surface area contributed by atoms with Crippen LogP contribution in [-0.4, -0.2) is 15.0 Å². The summed E-state index contributed by atoms with van der Waals surface area (Å²) in [5.41, 5.74) is 14.5. The van der Waals surface area contributed by atoms with Crippen molar-refractivity contribution >= 4 is 21.5 Å². The first kappa shape index (κ1) is 36.6. The van der Waals surface area contributed by atoms with Crippen molar-refractivity contribution in [1.82, 2.24) is 15.0 Å². The summed E-state index contributed by atoms with van der Waals surface area (Å²) in [6.45, 7) is 0. The number of hydrogen-bond donors (Lipinski definition) is 0. The van der Waals surface area contributed by atoms with E-state index in [2.05, 4.69) is 218 Å². The Labute approximate surface area is 366 Å². The fourth-order valence-corrected chi connectivity index (χ4v) is 10.1. The van der Waals surface area contributed by atoms with Crippen molar-refractivity contribution in [3.63, 3.8) is 0 Å². The number of aromatic nitrogens is 3. The largest absolute Gasteiger partial charge is 0.208 e. The van der Waals surface area contributed by atoms with E-state index in [1.165, 1.54) is 38.9 Å². The summed E-state index contributed by atoms with van der Waals surface area (Å²) >= 11 is 0. The highest BCUT2D eigenvalue weighted by Gasteiger charge is 2.46. The van der Waals surface area contributed by atoms with Gasteiger partial charge < -0.3 is 0 Å². The maximum atomic E-state index is 5.44. The normalized spacial score (nSPS) is 12.6. The van der Waals surface area contributed by atoms with Crippen LogP contribution in [0.25, 0.3) is 89.1 Å². The molecule has 63 heavy (non-hydrogen) atoms. The van der Waals surface area contributed by atoms with Gasteiger partial charge in [-0.05, 0) is 83.2 Å². The molecular formula is C60H39N3. The van der Waals surface area contributed by atoms with Crippen molar-refractivity contribution in [2.75, 3.05) is 0 Å². The maximum absolute atomic E-state index is 5.44. The SMILES string of the molecule is c1ccc(-c2nc(-c3c(-c4ccccc4)ccc4ccccc34)nc(-c3ccc(-c4cccc5c4-c4ccccc4C5(c4ccccc4)c4ccccc4)c4ccccc34)n2)cc1. The quantitative estimate of drug-likeness (QED) is 0.161. The van der Waals surface area contributed by atoms with Crippen LogP contribution in [0, 0.1) is 0 Å². The lowest BCUT2D eigenvalue weighted by atomic mass is 9.67. The number of benzene rings is 10. The van der Waals surface area contributed by atoms with Crippen LogP contribution in [-0.2, 0) is 5.41 Å². The van der Waals surface area contributed by atoms with E-state index in [1.54, 1.807) is 0 Å². The Balaban J connectivity index is 1.10. The van der Waals surface area contributed by atoms with Crippen molar-refractivity contribution in [3.05, 3.63) is 259 Å². The van der Waals surface area contributed by atoms with Crippen LogP contribution in [0.4, 0.5) is 0 Å². The Morgan fingerprint density at radius 2 is 0.746 bits per heavy atom. The van der Waals surface area contributed by atoms with E-state index in [9.17, 15) is 0 Å². The van der Waals surface area contributed by atoms with Crippen LogP contribution in [0.2, 0.25) is 0 Å². The summed E-state index contributed by atoms with van der Waals surface area (Å²) in [6, 6.07) is 84.7. The van der Waals surface area contributed by atoms with Gasteiger partial charge in [0.15, 0.2) is 17.5 Å². The molecule has 1 aliphatic carbocycles. The molecule has 0 radical (unpaired) electrons. The Hall–Kier alpha value is -8.27. The van der Waals surface area contributed by atoms with Crippen molar-refractivity contribution in [2.24, 2.45) is 0 Å². The fraction of sp³-hybridized carbons (Fsp3) is 0.0167. The van der Waals surface area contributed by atoms with E-state index in [0.29, 0.717) is 17.5 Å². The minimum atomic E-state index is -0.491. The van der Waals surface area contributed by atoms with Crippen LogP contribution in [0.1, 0.15) is 22.3 Å². The van der Waals surface area contributed by atoms with Crippen LogP contribution in [0.5, 0.6) is 0 Å². The van der Waals surface area contributed by atoms with Crippen LogP contribution in [0.3, 0.4) is 0 Å². The lowest BCUT2D eigenvalue weighted by Crippen LogP contribution is -2.28. The molecule has 0 atom stereocenters. The molecule has 1 aliphatic rings. The van der Waals surface area contributed by atoms with Crippen LogP contribution < -0.4 is 0 Å². The van der Waals surface area contributed by atoms with Gasteiger partial charge in [0.2, 0.25) is 0 Å². The molecule has 12 rings (SSSR count). The Kier molecular flexibility index (Phi) is 8.72. The van der Waals surface area contributed by atoms with E-state index >= 15 is 0 Å². The van der Waals surface area contributed by atoms with Crippen molar-refractivity contribution < 1.29 is 0 Å². The molecule has 1 heterocycles. The van der Waals surface area contributed by atoms with Gasteiger partial charge in [-0.2, -0.15) is 0 Å². The van der Waals surface area contributed by atoms with Gasteiger partial charge in [-0.25, -0.2) is 15.0 Å². The molecule has 294 valence electrons. The summed E-state index contributed by atoms with van der Waals surface area (Å²) in [5.74, 6) is 1.90. The molecule has 0 bridgehead atoms. The molecule has 0 amide bonds. The van der Waals surface area contributed by atoms with E-state index in [-0.39, 0.29) is 0 Å². The lowest BCUT2D eigenvalue weighted by Gasteiger charge is -2.34. The third kappa shape index (κ3) is 5.85. The number of hydrogen-bond acceptors (Lipinski definition) is 3. The van der Waals surface area contributed by atoms with Gasteiger partial charge in [0.1, 0.15) is 0 Å². The van der Waals surface area contributed by atoms with E-state index in [1.807, 2.05) is 18.2 Å². The monoisotopic (exact) mass is 801 g/mol. The zero-order valence-electron chi connectivity index (χ0n) is 34.4. The molecule has 3 heteroatoms. The molecule has 0 saturated carbocycles. The molecule has 0 aliphatic heterocycles. The van der Waals surface area contributed by atoms with E-state index in [4.69, 9.17) is 15.0 Å². The summed E-state index contributed by atoms with van der Waals surface area (Å²) in [4.78, 5) is 16.0. The van der Waals surface area contributed by atoms with Crippen molar-refractivity contribution in [1.29, 1.82) is 0 Å². The molecule has 0 fully saturated rings. The average molecular weight is 802 g/mol. The van der Waals surface area contributed by atoms with Crippen molar-refractivity contribution in [3.8, 4) is 67.5 Å².